The van der Waals surface area contributed by atoms with Crippen molar-refractivity contribution in [2.24, 2.45) is 0 Å². The van der Waals surface area contributed by atoms with Crippen LogP contribution in [0.2, 0.25) is 0 Å². The fourth-order valence-electron chi connectivity index (χ4n) is 2.78. The number of amides is 1. The SMILES string of the molecule is COc1cc(OC)c([C@@H]2CN(C(=O)OC(C)(C)C)CCN2)cc1OC. The van der Waals surface area contributed by atoms with Gasteiger partial charge in [0.15, 0.2) is 11.5 Å². The zero-order chi connectivity index (χ0) is 18.6. The van der Waals surface area contributed by atoms with Gasteiger partial charge in [0.25, 0.3) is 0 Å². The minimum absolute atomic E-state index is 0.0870. The number of rotatable bonds is 4. The number of hydrogen-bond acceptors (Lipinski definition) is 6. The van der Waals surface area contributed by atoms with Crippen LogP contribution in [0.5, 0.6) is 17.2 Å². The summed E-state index contributed by atoms with van der Waals surface area (Å²) in [5.41, 5.74) is 0.395. The van der Waals surface area contributed by atoms with E-state index in [0.29, 0.717) is 36.9 Å². The van der Waals surface area contributed by atoms with Gasteiger partial charge in [0.05, 0.1) is 27.4 Å². The van der Waals surface area contributed by atoms with Gasteiger partial charge in [0.1, 0.15) is 11.4 Å². The van der Waals surface area contributed by atoms with Crippen molar-refractivity contribution < 1.29 is 23.7 Å². The van der Waals surface area contributed by atoms with E-state index in [1.54, 1.807) is 32.3 Å². The van der Waals surface area contributed by atoms with Gasteiger partial charge >= 0.3 is 6.09 Å². The quantitative estimate of drug-likeness (QED) is 0.898. The maximum atomic E-state index is 12.4. The minimum Gasteiger partial charge on any atom is -0.496 e. The summed E-state index contributed by atoms with van der Waals surface area (Å²) in [6.07, 6.45) is -0.307. The smallest absolute Gasteiger partial charge is 0.410 e. The second-order valence-corrected chi connectivity index (χ2v) is 6.88. The van der Waals surface area contributed by atoms with Crippen molar-refractivity contribution in [3.63, 3.8) is 0 Å². The fourth-order valence-corrected chi connectivity index (χ4v) is 2.78. The first-order valence-electron chi connectivity index (χ1n) is 8.30. The van der Waals surface area contributed by atoms with Crippen molar-refractivity contribution in [3.8, 4) is 17.2 Å². The molecule has 0 bridgehead atoms. The number of carbonyl (C=O) groups excluding carboxylic acids is 1. The van der Waals surface area contributed by atoms with E-state index in [1.807, 2.05) is 26.8 Å². The highest BCUT2D eigenvalue weighted by Crippen LogP contribution is 2.38. The summed E-state index contributed by atoms with van der Waals surface area (Å²) in [7, 11) is 4.79. The molecule has 1 aromatic carbocycles. The summed E-state index contributed by atoms with van der Waals surface area (Å²) < 4.78 is 21.7. The lowest BCUT2D eigenvalue weighted by molar-refractivity contribution is 0.0194. The van der Waals surface area contributed by atoms with Gasteiger partial charge in [0, 0.05) is 31.3 Å². The number of hydrogen-bond donors (Lipinski definition) is 1. The Labute approximate surface area is 149 Å². The molecule has 7 heteroatoms. The van der Waals surface area contributed by atoms with Crippen molar-refractivity contribution in [1.82, 2.24) is 10.2 Å². The molecule has 140 valence electrons. The maximum Gasteiger partial charge on any atom is 0.410 e. The molecular formula is C18H28N2O5. The second kappa shape index (κ2) is 7.82. The number of nitrogens with one attached hydrogen (secondary N) is 1. The van der Waals surface area contributed by atoms with Crippen LogP contribution in [0.25, 0.3) is 0 Å². The molecule has 25 heavy (non-hydrogen) atoms. The Bertz CT molecular complexity index is 612. The largest absolute Gasteiger partial charge is 0.496 e. The Morgan fingerprint density at radius 3 is 2.24 bits per heavy atom. The molecule has 1 fully saturated rings. The summed E-state index contributed by atoms with van der Waals surface area (Å²) in [5, 5.41) is 3.42. The van der Waals surface area contributed by atoms with Crippen LogP contribution in [0.4, 0.5) is 4.79 Å². The molecule has 0 aliphatic carbocycles. The number of methoxy groups -OCH3 is 3. The number of ether oxygens (including phenoxy) is 4. The van der Waals surface area contributed by atoms with Crippen LogP contribution in [-0.4, -0.2) is 57.6 Å². The van der Waals surface area contributed by atoms with Crippen LogP contribution in [0, 0.1) is 0 Å². The third-order valence-electron chi connectivity index (χ3n) is 3.94. The van der Waals surface area contributed by atoms with Crippen LogP contribution in [0.3, 0.4) is 0 Å². The first-order chi connectivity index (χ1) is 11.8. The first kappa shape index (κ1) is 19.2. The molecule has 1 atom stereocenters. The topological polar surface area (TPSA) is 69.3 Å². The summed E-state index contributed by atoms with van der Waals surface area (Å²) in [6, 6.07) is 3.59. The molecule has 1 heterocycles. The van der Waals surface area contributed by atoms with Gasteiger partial charge in [-0.05, 0) is 26.8 Å². The van der Waals surface area contributed by atoms with Crippen molar-refractivity contribution in [1.29, 1.82) is 0 Å². The minimum atomic E-state index is -0.515. The van der Waals surface area contributed by atoms with Crippen molar-refractivity contribution >= 4 is 6.09 Å². The molecule has 1 saturated heterocycles. The average molecular weight is 352 g/mol. The van der Waals surface area contributed by atoms with E-state index in [1.165, 1.54) is 0 Å². The van der Waals surface area contributed by atoms with E-state index in [9.17, 15) is 4.79 Å². The Morgan fingerprint density at radius 1 is 1.08 bits per heavy atom. The Hall–Kier alpha value is -2.15. The Morgan fingerprint density at radius 2 is 1.68 bits per heavy atom. The van der Waals surface area contributed by atoms with Crippen LogP contribution < -0.4 is 19.5 Å². The summed E-state index contributed by atoms with van der Waals surface area (Å²) in [4.78, 5) is 14.1. The summed E-state index contributed by atoms with van der Waals surface area (Å²) in [5.74, 6) is 1.90. The predicted molar refractivity (Wildman–Crippen MR) is 94.6 cm³/mol. The number of benzene rings is 1. The van der Waals surface area contributed by atoms with Crippen molar-refractivity contribution in [2.75, 3.05) is 41.0 Å². The molecule has 1 N–H and O–H groups in total. The molecule has 1 aromatic rings. The van der Waals surface area contributed by atoms with Gasteiger partial charge in [-0.3, -0.25) is 0 Å². The number of nitrogens with zero attached hydrogens (tertiary/aromatic N) is 1. The van der Waals surface area contributed by atoms with E-state index in [-0.39, 0.29) is 12.1 Å². The third kappa shape index (κ3) is 4.69. The van der Waals surface area contributed by atoms with Crippen LogP contribution in [0.15, 0.2) is 12.1 Å². The average Bonchev–Trinajstić information content (AvgIpc) is 2.59. The highest BCUT2D eigenvalue weighted by molar-refractivity contribution is 5.68. The second-order valence-electron chi connectivity index (χ2n) is 6.88. The zero-order valence-electron chi connectivity index (χ0n) is 15.8. The molecule has 0 saturated carbocycles. The zero-order valence-corrected chi connectivity index (χ0v) is 15.8. The van der Waals surface area contributed by atoms with Crippen molar-refractivity contribution in [2.45, 2.75) is 32.4 Å². The molecule has 0 spiro atoms. The number of piperazine rings is 1. The normalized spacial score (nSPS) is 17.8. The predicted octanol–water partition coefficient (Wildman–Crippen LogP) is 2.59. The van der Waals surface area contributed by atoms with Gasteiger partial charge in [-0.15, -0.1) is 0 Å². The highest BCUT2D eigenvalue weighted by Gasteiger charge is 2.30. The molecule has 2 rings (SSSR count). The molecule has 1 amide bonds. The fraction of sp³-hybridized carbons (Fsp3) is 0.611. The summed E-state index contributed by atoms with van der Waals surface area (Å²) in [6.45, 7) is 7.34. The lowest BCUT2D eigenvalue weighted by Gasteiger charge is -2.35. The standard InChI is InChI=1S/C18H28N2O5/c1-18(2,3)25-17(21)20-8-7-19-13(11-20)12-9-15(23-5)16(24-6)10-14(12)22-4/h9-10,13,19H,7-8,11H2,1-6H3/t13-/m0/s1. The Balaban J connectivity index is 2.24. The number of carbonyl (C=O) groups is 1. The summed E-state index contributed by atoms with van der Waals surface area (Å²) >= 11 is 0. The van der Waals surface area contributed by atoms with Crippen LogP contribution in [0.1, 0.15) is 32.4 Å². The molecule has 1 aliphatic heterocycles. The van der Waals surface area contributed by atoms with Crippen LogP contribution >= 0.6 is 0 Å². The van der Waals surface area contributed by atoms with E-state index in [4.69, 9.17) is 18.9 Å². The monoisotopic (exact) mass is 352 g/mol. The third-order valence-corrected chi connectivity index (χ3v) is 3.94. The molecule has 0 aromatic heterocycles. The van der Waals surface area contributed by atoms with E-state index in [2.05, 4.69) is 5.32 Å². The van der Waals surface area contributed by atoms with Gasteiger partial charge in [-0.25, -0.2) is 4.79 Å². The molecular weight excluding hydrogens is 324 g/mol. The van der Waals surface area contributed by atoms with Crippen molar-refractivity contribution in [3.05, 3.63) is 17.7 Å². The van der Waals surface area contributed by atoms with E-state index < -0.39 is 5.60 Å². The van der Waals surface area contributed by atoms with Crippen LogP contribution in [-0.2, 0) is 4.74 Å². The lowest BCUT2D eigenvalue weighted by atomic mass is 10.0. The van der Waals surface area contributed by atoms with Gasteiger partial charge < -0.3 is 29.2 Å². The lowest BCUT2D eigenvalue weighted by Crippen LogP contribution is -2.49. The van der Waals surface area contributed by atoms with E-state index >= 15 is 0 Å². The molecule has 1 aliphatic rings. The Kier molecular flexibility index (Phi) is 6.00. The van der Waals surface area contributed by atoms with Gasteiger partial charge in [-0.1, -0.05) is 0 Å². The first-order valence-corrected chi connectivity index (χ1v) is 8.30. The van der Waals surface area contributed by atoms with Gasteiger partial charge in [0.2, 0.25) is 0 Å². The van der Waals surface area contributed by atoms with Gasteiger partial charge in [-0.2, -0.15) is 0 Å². The molecule has 0 radical (unpaired) electrons. The maximum absolute atomic E-state index is 12.4. The van der Waals surface area contributed by atoms with E-state index in [0.717, 1.165) is 5.56 Å². The highest BCUT2D eigenvalue weighted by atomic mass is 16.6. The molecule has 7 nitrogen and oxygen atoms in total. The molecule has 0 unspecified atom stereocenters.